The van der Waals surface area contributed by atoms with E-state index in [1.807, 2.05) is 26.4 Å². The molecule has 3 heterocycles. The average molecular weight is 371 g/mol. The van der Waals surface area contributed by atoms with Gasteiger partial charge in [0, 0.05) is 44.9 Å². The predicted octanol–water partition coefficient (Wildman–Crippen LogP) is 2.65. The van der Waals surface area contributed by atoms with Crippen LogP contribution in [-0.2, 0) is 18.4 Å². The Labute approximate surface area is 160 Å². The monoisotopic (exact) mass is 370 g/mol. The van der Waals surface area contributed by atoms with Gasteiger partial charge in [0.2, 0.25) is 5.91 Å². The topological polar surface area (TPSA) is 68.8 Å². The normalized spacial score (nSPS) is 21.1. The summed E-state index contributed by atoms with van der Waals surface area (Å²) in [4.78, 5) is 19.1. The molecule has 0 bridgehead atoms. The van der Waals surface area contributed by atoms with E-state index >= 15 is 0 Å². The molecule has 4 rings (SSSR count). The second kappa shape index (κ2) is 7.82. The van der Waals surface area contributed by atoms with E-state index in [-0.39, 0.29) is 5.92 Å². The zero-order valence-corrected chi connectivity index (χ0v) is 16.5. The Morgan fingerprint density at radius 3 is 2.74 bits per heavy atom. The average Bonchev–Trinajstić information content (AvgIpc) is 3.40. The van der Waals surface area contributed by atoms with Crippen LogP contribution in [0.5, 0.6) is 0 Å². The molecule has 1 saturated heterocycles. The van der Waals surface area contributed by atoms with Crippen LogP contribution in [0.25, 0.3) is 0 Å². The molecule has 0 radical (unpaired) electrons. The van der Waals surface area contributed by atoms with Gasteiger partial charge in [0.1, 0.15) is 11.6 Å². The Kier molecular flexibility index (Phi) is 5.27. The number of hydrogen-bond donors (Lipinski definition) is 0. The number of carbonyl (C=O) groups excluding carboxylic acids is 1. The summed E-state index contributed by atoms with van der Waals surface area (Å²) in [6.07, 6.45) is 11.7. The lowest BCUT2D eigenvalue weighted by molar-refractivity contribution is -0.133. The Morgan fingerprint density at radius 2 is 2.00 bits per heavy atom. The molecule has 2 aliphatic rings. The summed E-state index contributed by atoms with van der Waals surface area (Å²) in [6.45, 7) is 4.33. The maximum Gasteiger partial charge on any atom is 0.222 e. The van der Waals surface area contributed by atoms with Crippen LogP contribution in [0.2, 0.25) is 0 Å². The van der Waals surface area contributed by atoms with Crippen molar-refractivity contribution in [2.24, 2.45) is 13.0 Å². The summed E-state index contributed by atoms with van der Waals surface area (Å²) < 4.78 is 4.18. The largest absolute Gasteiger partial charge is 0.342 e. The molecular formula is C20H30N6O. The smallest absolute Gasteiger partial charge is 0.222 e. The van der Waals surface area contributed by atoms with Crippen LogP contribution < -0.4 is 0 Å². The van der Waals surface area contributed by atoms with E-state index < -0.39 is 0 Å². The summed E-state index contributed by atoms with van der Waals surface area (Å²) >= 11 is 0. The lowest BCUT2D eigenvalue weighted by atomic mass is 9.95. The second-order valence-electron chi connectivity index (χ2n) is 8.17. The molecule has 0 N–H and O–H groups in total. The third-order valence-corrected chi connectivity index (χ3v) is 6.31. The standard InChI is InChI=1S/C20H30N6O/c1-15-21-9-11-25(15)14-18-22-23-20(24(18)2)17-8-5-10-26(13-17)19(27)12-16-6-3-4-7-16/h9,11,16-17H,3-8,10,12-14H2,1-2H3/t17-/m0/s1. The lowest BCUT2D eigenvalue weighted by Crippen LogP contribution is -2.40. The molecule has 0 spiro atoms. The van der Waals surface area contributed by atoms with Gasteiger partial charge in [-0.2, -0.15) is 0 Å². The predicted molar refractivity (Wildman–Crippen MR) is 102 cm³/mol. The van der Waals surface area contributed by atoms with E-state index in [2.05, 4.69) is 29.2 Å². The molecule has 7 nitrogen and oxygen atoms in total. The Hall–Kier alpha value is -2.18. The van der Waals surface area contributed by atoms with Crippen molar-refractivity contribution in [3.05, 3.63) is 29.9 Å². The second-order valence-corrected chi connectivity index (χ2v) is 8.17. The van der Waals surface area contributed by atoms with Gasteiger partial charge in [0.05, 0.1) is 6.54 Å². The van der Waals surface area contributed by atoms with Crippen LogP contribution in [0.3, 0.4) is 0 Å². The van der Waals surface area contributed by atoms with Crippen molar-refractivity contribution in [2.45, 2.75) is 64.3 Å². The fourth-order valence-corrected chi connectivity index (χ4v) is 4.60. The Morgan fingerprint density at radius 1 is 1.19 bits per heavy atom. The molecule has 1 saturated carbocycles. The number of rotatable bonds is 5. The summed E-state index contributed by atoms with van der Waals surface area (Å²) in [5.41, 5.74) is 0. The first kappa shape index (κ1) is 18.2. The highest BCUT2D eigenvalue weighted by molar-refractivity contribution is 5.76. The van der Waals surface area contributed by atoms with Gasteiger partial charge in [-0.15, -0.1) is 10.2 Å². The third-order valence-electron chi connectivity index (χ3n) is 6.31. The summed E-state index contributed by atoms with van der Waals surface area (Å²) in [6, 6.07) is 0. The highest BCUT2D eigenvalue weighted by Crippen LogP contribution is 2.30. The summed E-state index contributed by atoms with van der Waals surface area (Å²) in [5.74, 6) is 4.13. The van der Waals surface area contributed by atoms with Crippen LogP contribution >= 0.6 is 0 Å². The van der Waals surface area contributed by atoms with Crippen molar-refractivity contribution in [2.75, 3.05) is 13.1 Å². The molecule has 1 aliphatic heterocycles. The molecule has 0 aromatic carbocycles. The molecule has 0 unspecified atom stereocenters. The maximum atomic E-state index is 12.7. The van der Waals surface area contributed by atoms with Gasteiger partial charge in [-0.1, -0.05) is 12.8 Å². The molecule has 27 heavy (non-hydrogen) atoms. The van der Waals surface area contributed by atoms with Gasteiger partial charge in [-0.3, -0.25) is 4.79 Å². The van der Waals surface area contributed by atoms with Gasteiger partial charge in [-0.25, -0.2) is 4.98 Å². The molecule has 1 atom stereocenters. The zero-order valence-electron chi connectivity index (χ0n) is 16.5. The summed E-state index contributed by atoms with van der Waals surface area (Å²) in [7, 11) is 2.04. The van der Waals surface area contributed by atoms with Crippen molar-refractivity contribution >= 4 is 5.91 Å². The molecule has 146 valence electrons. The van der Waals surface area contributed by atoms with Crippen molar-refractivity contribution in [1.29, 1.82) is 0 Å². The first-order valence-corrected chi connectivity index (χ1v) is 10.3. The first-order chi connectivity index (χ1) is 13.1. The van der Waals surface area contributed by atoms with Crippen molar-refractivity contribution in [3.8, 4) is 0 Å². The van der Waals surface area contributed by atoms with Gasteiger partial charge in [0.25, 0.3) is 0 Å². The molecule has 7 heteroatoms. The number of aryl methyl sites for hydroxylation is 1. The quantitative estimate of drug-likeness (QED) is 0.811. The van der Waals surface area contributed by atoms with Crippen LogP contribution in [0, 0.1) is 12.8 Å². The number of aromatic nitrogens is 5. The number of carbonyl (C=O) groups is 1. The van der Waals surface area contributed by atoms with Crippen molar-refractivity contribution in [3.63, 3.8) is 0 Å². The fraction of sp³-hybridized carbons (Fsp3) is 0.700. The SMILES string of the molecule is Cc1nccn1Cc1nnc([C@H]2CCCN(C(=O)CC3CCCC3)C2)n1C. The zero-order chi connectivity index (χ0) is 18.8. The highest BCUT2D eigenvalue weighted by atomic mass is 16.2. The molecule has 2 fully saturated rings. The van der Waals surface area contributed by atoms with Gasteiger partial charge in [-0.05, 0) is 38.5 Å². The van der Waals surface area contributed by atoms with Gasteiger partial charge in [0.15, 0.2) is 5.82 Å². The third kappa shape index (κ3) is 3.92. The Bertz CT molecular complexity index is 788. The van der Waals surface area contributed by atoms with E-state index in [0.717, 1.165) is 49.8 Å². The van der Waals surface area contributed by atoms with Crippen LogP contribution in [0.15, 0.2) is 12.4 Å². The minimum Gasteiger partial charge on any atom is -0.342 e. The van der Waals surface area contributed by atoms with E-state index in [1.165, 1.54) is 25.7 Å². The van der Waals surface area contributed by atoms with Crippen LogP contribution in [-0.4, -0.2) is 48.2 Å². The van der Waals surface area contributed by atoms with Crippen molar-refractivity contribution in [1.82, 2.24) is 29.2 Å². The van der Waals surface area contributed by atoms with E-state index in [1.54, 1.807) is 0 Å². The lowest BCUT2D eigenvalue weighted by Gasteiger charge is -2.33. The number of piperidine rings is 1. The highest BCUT2D eigenvalue weighted by Gasteiger charge is 2.30. The molecule has 2 aromatic rings. The van der Waals surface area contributed by atoms with Crippen molar-refractivity contribution < 1.29 is 4.79 Å². The van der Waals surface area contributed by atoms with Gasteiger partial charge >= 0.3 is 0 Å². The van der Waals surface area contributed by atoms with E-state index in [9.17, 15) is 4.79 Å². The molecule has 1 aliphatic carbocycles. The van der Waals surface area contributed by atoms with E-state index in [0.29, 0.717) is 18.4 Å². The first-order valence-electron chi connectivity index (χ1n) is 10.3. The number of hydrogen-bond acceptors (Lipinski definition) is 4. The maximum absolute atomic E-state index is 12.7. The minimum absolute atomic E-state index is 0.279. The van der Waals surface area contributed by atoms with Gasteiger partial charge < -0.3 is 14.0 Å². The molecule has 2 aromatic heterocycles. The Balaban J connectivity index is 1.42. The molecule has 1 amide bonds. The number of imidazole rings is 1. The number of nitrogens with zero attached hydrogens (tertiary/aromatic N) is 6. The van der Waals surface area contributed by atoms with E-state index in [4.69, 9.17) is 0 Å². The van der Waals surface area contributed by atoms with Crippen LogP contribution in [0.1, 0.15) is 68.3 Å². The number of likely N-dealkylation sites (tertiary alicyclic amines) is 1. The summed E-state index contributed by atoms with van der Waals surface area (Å²) in [5, 5.41) is 8.91. The molecular weight excluding hydrogens is 340 g/mol. The van der Waals surface area contributed by atoms with Crippen LogP contribution in [0.4, 0.5) is 0 Å². The fourth-order valence-electron chi connectivity index (χ4n) is 4.60. The minimum atomic E-state index is 0.279. The number of amides is 1.